The Morgan fingerprint density at radius 2 is 2.04 bits per heavy atom. The van der Waals surface area contributed by atoms with Gasteiger partial charge in [-0.05, 0) is 16.0 Å². The zero-order valence-corrected chi connectivity index (χ0v) is 14.2. The Morgan fingerprint density at radius 1 is 1.27 bits per heavy atom. The topological polar surface area (TPSA) is 102 Å². The van der Waals surface area contributed by atoms with Crippen LogP contribution in [0.25, 0.3) is 0 Å². The lowest BCUT2D eigenvalue weighted by atomic mass is 9.91. The van der Waals surface area contributed by atoms with Crippen LogP contribution in [0.1, 0.15) is 24.4 Å². The lowest BCUT2D eigenvalue weighted by Crippen LogP contribution is -2.50. The number of benzene rings is 1. The third-order valence-electron chi connectivity index (χ3n) is 5.09. The fraction of sp³-hybridized carbons (Fsp3) is 0.471. The van der Waals surface area contributed by atoms with E-state index >= 15 is 0 Å². The number of piperidine rings is 1. The normalized spacial score (nSPS) is 19.8. The van der Waals surface area contributed by atoms with Gasteiger partial charge in [-0.1, -0.05) is 30.3 Å². The van der Waals surface area contributed by atoms with Gasteiger partial charge in [0, 0.05) is 32.4 Å². The molecule has 3 heterocycles. The Balaban J connectivity index is 1.48. The molecule has 0 unspecified atom stereocenters. The smallest absolute Gasteiger partial charge is 0.407 e. The number of aromatic nitrogens is 4. The highest BCUT2D eigenvalue weighted by molar-refractivity contribution is 5.81. The monoisotopic (exact) mass is 356 g/mol. The average Bonchev–Trinajstić information content (AvgIpc) is 3.31. The summed E-state index contributed by atoms with van der Waals surface area (Å²) in [6.45, 7) is 1.59. The van der Waals surface area contributed by atoms with Gasteiger partial charge < -0.3 is 15.0 Å². The fourth-order valence-corrected chi connectivity index (χ4v) is 3.57. The quantitative estimate of drug-likeness (QED) is 0.859. The molecule has 0 aliphatic carbocycles. The summed E-state index contributed by atoms with van der Waals surface area (Å²) in [7, 11) is 0. The summed E-state index contributed by atoms with van der Waals surface area (Å²) in [6.07, 6.45) is 2.87. The van der Waals surface area contributed by atoms with E-state index in [-0.39, 0.29) is 12.0 Å². The van der Waals surface area contributed by atoms with Gasteiger partial charge in [-0.25, -0.2) is 9.48 Å². The summed E-state index contributed by atoms with van der Waals surface area (Å²) in [5.41, 5.74) is 0.571. The first-order chi connectivity index (χ1) is 12.7. The van der Waals surface area contributed by atoms with E-state index < -0.39 is 11.6 Å². The first-order valence-electron chi connectivity index (χ1n) is 8.67. The Morgan fingerprint density at radius 3 is 2.65 bits per heavy atom. The molecule has 1 aromatic heterocycles. The van der Waals surface area contributed by atoms with Crippen LogP contribution < -0.4 is 5.32 Å². The van der Waals surface area contributed by atoms with Gasteiger partial charge in [0.05, 0.1) is 6.54 Å². The van der Waals surface area contributed by atoms with Crippen LogP contribution >= 0.6 is 0 Å². The predicted molar refractivity (Wildman–Crippen MR) is 90.0 cm³/mol. The van der Waals surface area contributed by atoms with Crippen molar-refractivity contribution in [3.8, 4) is 0 Å². The number of ether oxygens (including phenoxy) is 1. The molecule has 1 spiro atoms. The number of nitrogens with zero attached hydrogens (tertiary/aromatic N) is 5. The fourth-order valence-electron chi connectivity index (χ4n) is 3.57. The number of hydrogen-bond acceptors (Lipinski definition) is 6. The van der Waals surface area contributed by atoms with Gasteiger partial charge in [-0.15, -0.1) is 5.10 Å². The van der Waals surface area contributed by atoms with Crippen LogP contribution in [0.5, 0.6) is 0 Å². The number of amides is 2. The average molecular weight is 356 g/mol. The SMILES string of the molecule is O=C1NCC2(CCN(C(=O)[C@H](Cc3ccccc3)n3cnnn3)CC2)O1. The van der Waals surface area contributed by atoms with E-state index in [1.165, 1.54) is 11.0 Å². The maximum atomic E-state index is 13.2. The van der Waals surface area contributed by atoms with Crippen LogP contribution in [0.4, 0.5) is 4.79 Å². The minimum atomic E-state index is -0.495. The van der Waals surface area contributed by atoms with Crippen LogP contribution in [0.2, 0.25) is 0 Å². The molecule has 1 N–H and O–H groups in total. The minimum absolute atomic E-state index is 0.0201. The zero-order valence-electron chi connectivity index (χ0n) is 14.2. The first kappa shape index (κ1) is 16.5. The zero-order chi connectivity index (χ0) is 18.0. The molecule has 2 saturated heterocycles. The largest absolute Gasteiger partial charge is 0.441 e. The second kappa shape index (κ2) is 6.74. The van der Waals surface area contributed by atoms with Crippen molar-refractivity contribution in [2.24, 2.45) is 0 Å². The van der Waals surface area contributed by atoms with Crippen molar-refractivity contribution in [3.63, 3.8) is 0 Å². The van der Waals surface area contributed by atoms with Gasteiger partial charge in [0.1, 0.15) is 18.0 Å². The van der Waals surface area contributed by atoms with Crippen LogP contribution in [0.3, 0.4) is 0 Å². The molecule has 0 bridgehead atoms. The maximum Gasteiger partial charge on any atom is 0.407 e. The van der Waals surface area contributed by atoms with Gasteiger partial charge in [-0.3, -0.25) is 4.79 Å². The van der Waals surface area contributed by atoms with E-state index in [1.807, 2.05) is 35.2 Å². The van der Waals surface area contributed by atoms with Gasteiger partial charge >= 0.3 is 6.09 Å². The molecule has 26 heavy (non-hydrogen) atoms. The molecule has 4 rings (SSSR count). The number of alkyl carbamates (subject to hydrolysis) is 1. The van der Waals surface area contributed by atoms with E-state index in [0.29, 0.717) is 38.9 Å². The molecule has 1 atom stereocenters. The molecule has 2 aliphatic heterocycles. The number of tetrazole rings is 1. The van der Waals surface area contributed by atoms with E-state index in [4.69, 9.17) is 4.74 Å². The molecule has 0 saturated carbocycles. The van der Waals surface area contributed by atoms with Crippen LogP contribution in [0, 0.1) is 0 Å². The number of rotatable bonds is 4. The van der Waals surface area contributed by atoms with Gasteiger partial charge in [0.2, 0.25) is 5.91 Å². The van der Waals surface area contributed by atoms with Crippen molar-refractivity contribution in [1.82, 2.24) is 30.4 Å². The number of nitrogens with one attached hydrogen (secondary N) is 1. The standard InChI is InChI=1S/C17H20N6O3/c24-15(22-8-6-17(7-9-22)11-18-16(25)26-17)14(23-12-19-20-21-23)10-13-4-2-1-3-5-13/h1-5,12,14H,6-11H2,(H,18,25)/t14-/m0/s1. The van der Waals surface area contributed by atoms with Gasteiger partial charge in [0.15, 0.2) is 0 Å². The van der Waals surface area contributed by atoms with E-state index in [1.54, 1.807) is 0 Å². The minimum Gasteiger partial charge on any atom is -0.441 e. The Labute approximate surface area is 150 Å². The Bertz CT molecular complexity index is 771. The number of carbonyl (C=O) groups is 2. The van der Waals surface area contributed by atoms with Crippen molar-refractivity contribution in [2.75, 3.05) is 19.6 Å². The molecule has 2 aliphatic rings. The van der Waals surface area contributed by atoms with Crippen LogP contribution in [0.15, 0.2) is 36.7 Å². The third kappa shape index (κ3) is 3.24. The molecular weight excluding hydrogens is 336 g/mol. The first-order valence-corrected chi connectivity index (χ1v) is 8.67. The van der Waals surface area contributed by atoms with Crippen LogP contribution in [-0.4, -0.2) is 62.3 Å². The molecule has 136 valence electrons. The second-order valence-electron chi connectivity index (χ2n) is 6.75. The molecule has 1 aromatic carbocycles. The number of likely N-dealkylation sites (tertiary alicyclic amines) is 1. The highest BCUT2D eigenvalue weighted by atomic mass is 16.6. The summed E-state index contributed by atoms with van der Waals surface area (Å²) < 4.78 is 6.93. The van der Waals surface area contributed by atoms with E-state index in [0.717, 1.165) is 5.56 Å². The third-order valence-corrected chi connectivity index (χ3v) is 5.09. The van der Waals surface area contributed by atoms with E-state index in [2.05, 4.69) is 20.8 Å². The molecule has 9 heteroatoms. The Kier molecular flexibility index (Phi) is 4.27. The van der Waals surface area contributed by atoms with Crippen molar-refractivity contribution >= 4 is 12.0 Å². The molecule has 2 amide bonds. The second-order valence-corrected chi connectivity index (χ2v) is 6.75. The lowest BCUT2D eigenvalue weighted by molar-refractivity contribution is -0.138. The number of carbonyl (C=O) groups excluding carboxylic acids is 2. The summed E-state index contributed by atoms with van der Waals surface area (Å²) in [5.74, 6) is -0.0201. The lowest BCUT2D eigenvalue weighted by Gasteiger charge is -2.38. The number of hydrogen-bond donors (Lipinski definition) is 1. The van der Waals surface area contributed by atoms with Crippen molar-refractivity contribution < 1.29 is 14.3 Å². The van der Waals surface area contributed by atoms with Crippen molar-refractivity contribution in [2.45, 2.75) is 30.9 Å². The maximum absolute atomic E-state index is 13.2. The highest BCUT2D eigenvalue weighted by Gasteiger charge is 2.44. The molecule has 2 fully saturated rings. The van der Waals surface area contributed by atoms with Gasteiger partial charge in [0.25, 0.3) is 0 Å². The molecule has 2 aromatic rings. The van der Waals surface area contributed by atoms with Crippen LogP contribution in [-0.2, 0) is 16.0 Å². The van der Waals surface area contributed by atoms with Crippen molar-refractivity contribution in [1.29, 1.82) is 0 Å². The summed E-state index contributed by atoms with van der Waals surface area (Å²) >= 11 is 0. The summed E-state index contributed by atoms with van der Waals surface area (Å²) in [4.78, 5) is 26.3. The highest BCUT2D eigenvalue weighted by Crippen LogP contribution is 2.30. The Hall–Kier alpha value is -2.97. The molecule has 0 radical (unpaired) electrons. The molecule has 9 nitrogen and oxygen atoms in total. The molecular formula is C17H20N6O3. The van der Waals surface area contributed by atoms with Crippen molar-refractivity contribution in [3.05, 3.63) is 42.2 Å². The summed E-state index contributed by atoms with van der Waals surface area (Å²) in [6, 6.07) is 9.31. The van der Waals surface area contributed by atoms with Gasteiger partial charge in [-0.2, -0.15) is 0 Å². The predicted octanol–water partition coefficient (Wildman–Crippen LogP) is 0.558. The summed E-state index contributed by atoms with van der Waals surface area (Å²) in [5, 5.41) is 14.0. The van der Waals surface area contributed by atoms with E-state index in [9.17, 15) is 9.59 Å².